The van der Waals surface area contributed by atoms with E-state index in [2.05, 4.69) is 15.9 Å². The van der Waals surface area contributed by atoms with Crippen LogP contribution in [0.4, 0.5) is 0 Å². The average Bonchev–Trinajstić information content (AvgIpc) is 3.38. The topological polar surface area (TPSA) is 60.2 Å². The van der Waals surface area contributed by atoms with Gasteiger partial charge in [-0.1, -0.05) is 19.3 Å². The highest BCUT2D eigenvalue weighted by molar-refractivity contribution is 7.09. The van der Waals surface area contributed by atoms with Gasteiger partial charge in [0.25, 0.3) is 5.91 Å². The Morgan fingerprint density at radius 3 is 2.50 bits per heavy atom. The molecule has 3 aliphatic rings. The number of aromatic nitrogens is 1. The number of carbonyl (C=O) groups excluding carboxylic acids is 1. The van der Waals surface area contributed by atoms with Crippen molar-refractivity contribution in [3.05, 3.63) is 16.1 Å². The quantitative estimate of drug-likeness (QED) is 0.738. The summed E-state index contributed by atoms with van der Waals surface area (Å²) in [6.45, 7) is 2.43. The van der Waals surface area contributed by atoms with Gasteiger partial charge in [0.15, 0.2) is 0 Å². The summed E-state index contributed by atoms with van der Waals surface area (Å²) in [6.07, 6.45) is 10.6. The second-order valence-corrected chi connectivity index (χ2v) is 8.90. The van der Waals surface area contributed by atoms with Gasteiger partial charge in [-0.05, 0) is 51.6 Å². The molecule has 1 aromatic heterocycles. The first-order valence-electron chi connectivity index (χ1n) is 10.1. The van der Waals surface area contributed by atoms with Gasteiger partial charge in [0, 0.05) is 23.4 Å². The summed E-state index contributed by atoms with van der Waals surface area (Å²) in [5.74, 6) is 0.615. The molecule has 0 N–H and O–H groups in total. The van der Waals surface area contributed by atoms with Crippen LogP contribution in [0.2, 0.25) is 0 Å². The molecule has 0 spiro atoms. The first kappa shape index (κ1) is 17.9. The number of carbonyl (C=O) groups is 1. The van der Waals surface area contributed by atoms with Crippen molar-refractivity contribution in [1.29, 1.82) is 5.26 Å². The van der Waals surface area contributed by atoms with Crippen molar-refractivity contribution in [1.82, 2.24) is 14.8 Å². The zero-order valence-electron chi connectivity index (χ0n) is 15.4. The maximum Gasteiger partial charge on any atom is 0.273 e. The van der Waals surface area contributed by atoms with E-state index in [1.165, 1.54) is 19.3 Å². The molecule has 1 aromatic rings. The lowest BCUT2D eigenvalue weighted by Gasteiger charge is -2.34. The van der Waals surface area contributed by atoms with Gasteiger partial charge in [-0.2, -0.15) is 5.26 Å². The van der Waals surface area contributed by atoms with Crippen molar-refractivity contribution >= 4 is 17.2 Å². The number of rotatable bonds is 5. The lowest BCUT2D eigenvalue weighted by Crippen LogP contribution is -2.43. The Labute approximate surface area is 160 Å². The number of hydrogen-bond acceptors (Lipinski definition) is 5. The summed E-state index contributed by atoms with van der Waals surface area (Å²) in [5, 5.41) is 11.9. The molecule has 0 atom stereocenters. The molecule has 26 heavy (non-hydrogen) atoms. The Balaban J connectivity index is 1.42. The number of piperidine rings is 1. The van der Waals surface area contributed by atoms with E-state index in [9.17, 15) is 4.79 Å². The van der Waals surface area contributed by atoms with Crippen molar-refractivity contribution in [3.63, 3.8) is 0 Å². The second kappa shape index (κ2) is 8.06. The fourth-order valence-corrected chi connectivity index (χ4v) is 5.45. The summed E-state index contributed by atoms with van der Waals surface area (Å²) in [4.78, 5) is 22.3. The Hall–Kier alpha value is -1.45. The molecule has 140 valence electrons. The molecule has 6 heteroatoms. The number of nitrogens with zero attached hydrogens (tertiary/aromatic N) is 4. The number of nitriles is 1. The van der Waals surface area contributed by atoms with Crippen LogP contribution in [0.5, 0.6) is 0 Å². The predicted molar refractivity (Wildman–Crippen MR) is 102 cm³/mol. The molecular weight excluding hydrogens is 344 g/mol. The molecule has 0 radical (unpaired) electrons. The fraction of sp³-hybridized carbons (Fsp3) is 0.750. The van der Waals surface area contributed by atoms with E-state index in [0.29, 0.717) is 30.2 Å². The number of likely N-dealkylation sites (tertiary alicyclic amines) is 1. The molecule has 1 saturated heterocycles. The molecule has 0 unspecified atom stereocenters. The lowest BCUT2D eigenvalue weighted by atomic mass is 9.94. The molecule has 2 saturated carbocycles. The summed E-state index contributed by atoms with van der Waals surface area (Å²) in [5.41, 5.74) is 0.668. The highest BCUT2D eigenvalue weighted by Crippen LogP contribution is 2.36. The maximum absolute atomic E-state index is 13.2. The standard InChI is InChI=1S/C20H28N4OS/c21-10-13-23-11-8-15(9-12-23)19-22-18(14-26-19)20(25)24(17-6-7-17)16-4-2-1-3-5-16/h14-17H,1-9,11-13H2. The van der Waals surface area contributed by atoms with E-state index < -0.39 is 0 Å². The minimum atomic E-state index is 0.170. The van der Waals surface area contributed by atoms with E-state index in [0.717, 1.165) is 56.6 Å². The van der Waals surface area contributed by atoms with Crippen LogP contribution in [0, 0.1) is 11.3 Å². The van der Waals surface area contributed by atoms with Crippen LogP contribution < -0.4 is 0 Å². The van der Waals surface area contributed by atoms with Crippen LogP contribution in [0.25, 0.3) is 0 Å². The molecule has 2 aliphatic carbocycles. The SMILES string of the molecule is N#CCN1CCC(c2nc(C(=O)N(C3CCCCC3)C3CC3)cs2)CC1. The molecule has 1 aliphatic heterocycles. The molecule has 1 amide bonds. The molecular formula is C20H28N4OS. The van der Waals surface area contributed by atoms with Crippen molar-refractivity contribution in [3.8, 4) is 6.07 Å². The van der Waals surface area contributed by atoms with Gasteiger partial charge in [-0.25, -0.2) is 4.98 Å². The monoisotopic (exact) mass is 372 g/mol. The van der Waals surface area contributed by atoms with Gasteiger partial charge >= 0.3 is 0 Å². The Morgan fingerprint density at radius 1 is 1.15 bits per heavy atom. The van der Waals surface area contributed by atoms with Gasteiger partial charge < -0.3 is 4.90 Å². The normalized spacial score (nSPS) is 22.9. The number of amides is 1. The zero-order valence-corrected chi connectivity index (χ0v) is 16.2. The van der Waals surface area contributed by atoms with Gasteiger partial charge in [-0.15, -0.1) is 11.3 Å². The van der Waals surface area contributed by atoms with Crippen LogP contribution >= 0.6 is 11.3 Å². The minimum absolute atomic E-state index is 0.170. The summed E-state index contributed by atoms with van der Waals surface area (Å²) < 4.78 is 0. The third kappa shape index (κ3) is 3.94. The third-order valence-corrected chi connectivity index (χ3v) is 7.12. The fourth-order valence-electron chi connectivity index (χ4n) is 4.49. The highest BCUT2D eigenvalue weighted by Gasteiger charge is 2.39. The molecule has 0 bridgehead atoms. The molecule has 3 fully saturated rings. The van der Waals surface area contributed by atoms with E-state index in [-0.39, 0.29) is 5.91 Å². The largest absolute Gasteiger partial charge is 0.331 e. The van der Waals surface area contributed by atoms with E-state index >= 15 is 0 Å². The third-order valence-electron chi connectivity index (χ3n) is 6.12. The van der Waals surface area contributed by atoms with E-state index in [4.69, 9.17) is 10.2 Å². The van der Waals surface area contributed by atoms with Crippen molar-refractivity contribution in [2.75, 3.05) is 19.6 Å². The molecule has 0 aromatic carbocycles. The first-order chi connectivity index (χ1) is 12.8. The number of thiazole rings is 1. The summed E-state index contributed by atoms with van der Waals surface area (Å²) in [6, 6.07) is 3.13. The van der Waals surface area contributed by atoms with Crippen LogP contribution in [0.15, 0.2) is 5.38 Å². The lowest BCUT2D eigenvalue weighted by molar-refractivity contribution is 0.0608. The average molecular weight is 373 g/mol. The van der Waals surface area contributed by atoms with Gasteiger partial charge in [0.05, 0.1) is 17.6 Å². The van der Waals surface area contributed by atoms with Crippen LogP contribution in [0.1, 0.15) is 79.2 Å². The molecule has 4 rings (SSSR count). The Morgan fingerprint density at radius 2 is 1.85 bits per heavy atom. The summed E-state index contributed by atoms with van der Waals surface area (Å²) in [7, 11) is 0. The van der Waals surface area contributed by atoms with Crippen molar-refractivity contribution in [2.45, 2.75) is 75.8 Å². The smallest absolute Gasteiger partial charge is 0.273 e. The van der Waals surface area contributed by atoms with Gasteiger partial charge in [0.2, 0.25) is 0 Å². The van der Waals surface area contributed by atoms with E-state index in [1.54, 1.807) is 11.3 Å². The van der Waals surface area contributed by atoms with Crippen LogP contribution in [-0.2, 0) is 0 Å². The predicted octanol–water partition coefficient (Wildman–Crippen LogP) is 3.78. The van der Waals surface area contributed by atoms with E-state index in [1.807, 2.05) is 5.38 Å². The van der Waals surface area contributed by atoms with Crippen molar-refractivity contribution in [2.24, 2.45) is 0 Å². The highest BCUT2D eigenvalue weighted by atomic mass is 32.1. The van der Waals surface area contributed by atoms with Crippen molar-refractivity contribution < 1.29 is 4.79 Å². The van der Waals surface area contributed by atoms with Crippen LogP contribution in [0.3, 0.4) is 0 Å². The first-order valence-corrected chi connectivity index (χ1v) is 11.0. The Kier molecular flexibility index (Phi) is 5.56. The van der Waals surface area contributed by atoms with Gasteiger partial charge in [-0.3, -0.25) is 9.69 Å². The second-order valence-electron chi connectivity index (χ2n) is 8.01. The maximum atomic E-state index is 13.2. The number of hydrogen-bond donors (Lipinski definition) is 0. The summed E-state index contributed by atoms with van der Waals surface area (Å²) >= 11 is 1.65. The minimum Gasteiger partial charge on any atom is -0.331 e. The van der Waals surface area contributed by atoms with Gasteiger partial charge in [0.1, 0.15) is 5.69 Å². The Bertz CT molecular complexity index is 664. The molecule has 2 heterocycles. The molecule has 5 nitrogen and oxygen atoms in total. The van der Waals surface area contributed by atoms with Crippen LogP contribution in [-0.4, -0.2) is 52.4 Å². The zero-order chi connectivity index (χ0) is 17.9.